The normalized spacial score (nSPS) is 25.2. The zero-order chi connectivity index (χ0) is 14.9. The Balaban J connectivity index is 1.85. The molecule has 0 unspecified atom stereocenters. The van der Waals surface area contributed by atoms with Crippen LogP contribution in [0, 0.1) is 6.92 Å². The largest absolute Gasteiger partial charge is 0.342 e. The minimum atomic E-state index is -0.703. The number of alkyl halides is 1. The van der Waals surface area contributed by atoms with Crippen molar-refractivity contribution >= 4 is 31.9 Å². The lowest BCUT2D eigenvalue weighted by Gasteiger charge is -2.26. The molecule has 1 aliphatic rings. The molecule has 0 bridgehead atoms. The fraction of sp³-hybridized carbons (Fsp3) is 0.294. The number of ether oxygens (including phenoxy) is 2. The van der Waals surface area contributed by atoms with Crippen molar-refractivity contribution in [3.63, 3.8) is 0 Å². The Bertz CT molecular complexity index is 610. The van der Waals surface area contributed by atoms with Gasteiger partial charge in [-0.05, 0) is 24.6 Å². The Morgan fingerprint density at radius 3 is 2.38 bits per heavy atom. The van der Waals surface area contributed by atoms with Gasteiger partial charge in [-0.2, -0.15) is 0 Å². The van der Waals surface area contributed by atoms with Crippen molar-refractivity contribution in [1.82, 2.24) is 0 Å². The van der Waals surface area contributed by atoms with Crippen molar-refractivity contribution in [3.05, 3.63) is 69.7 Å². The van der Waals surface area contributed by atoms with Gasteiger partial charge in [-0.1, -0.05) is 73.8 Å². The van der Waals surface area contributed by atoms with Crippen LogP contribution in [0.2, 0.25) is 0 Å². The van der Waals surface area contributed by atoms with Gasteiger partial charge < -0.3 is 9.47 Å². The van der Waals surface area contributed by atoms with Gasteiger partial charge in [0.2, 0.25) is 5.79 Å². The molecule has 2 nitrogen and oxygen atoms in total. The summed E-state index contributed by atoms with van der Waals surface area (Å²) in [6, 6.07) is 16.5. The average Bonchev–Trinajstić information content (AvgIpc) is 2.94. The second kappa shape index (κ2) is 6.21. The van der Waals surface area contributed by atoms with E-state index >= 15 is 0 Å². The van der Waals surface area contributed by atoms with Crippen LogP contribution in [0.15, 0.2) is 53.0 Å². The molecular formula is C17H16Br2O2. The summed E-state index contributed by atoms with van der Waals surface area (Å²) < 4.78 is 13.4. The van der Waals surface area contributed by atoms with Crippen LogP contribution < -0.4 is 0 Å². The SMILES string of the molecule is Cc1ccc([C@]2(CBr)OC[C@H](c3ccc(Br)cc3)O2)cc1. The quantitative estimate of drug-likeness (QED) is 0.654. The summed E-state index contributed by atoms with van der Waals surface area (Å²) in [7, 11) is 0. The van der Waals surface area contributed by atoms with Gasteiger partial charge >= 0.3 is 0 Å². The highest BCUT2D eigenvalue weighted by Crippen LogP contribution is 2.41. The molecule has 1 fully saturated rings. The van der Waals surface area contributed by atoms with Gasteiger partial charge in [-0.25, -0.2) is 0 Å². The van der Waals surface area contributed by atoms with Crippen LogP contribution in [-0.4, -0.2) is 11.9 Å². The second-order valence-electron chi connectivity index (χ2n) is 5.22. The molecule has 4 heteroatoms. The Labute approximate surface area is 141 Å². The van der Waals surface area contributed by atoms with Crippen LogP contribution in [0.5, 0.6) is 0 Å². The molecule has 0 N–H and O–H groups in total. The summed E-state index contributed by atoms with van der Waals surface area (Å²) in [6.45, 7) is 2.63. The molecule has 0 aliphatic carbocycles. The van der Waals surface area contributed by atoms with Crippen LogP contribution in [0.25, 0.3) is 0 Å². The second-order valence-corrected chi connectivity index (χ2v) is 6.70. The van der Waals surface area contributed by atoms with Gasteiger partial charge in [0.15, 0.2) is 0 Å². The van der Waals surface area contributed by atoms with Gasteiger partial charge in [0, 0.05) is 10.0 Å². The minimum absolute atomic E-state index is 0.0445. The first kappa shape index (κ1) is 15.2. The first-order valence-corrected chi connectivity index (χ1v) is 8.75. The molecule has 0 aromatic heterocycles. The van der Waals surface area contributed by atoms with Crippen molar-refractivity contribution in [2.45, 2.75) is 18.8 Å². The minimum Gasteiger partial charge on any atom is -0.342 e. The number of benzene rings is 2. The molecular weight excluding hydrogens is 396 g/mol. The zero-order valence-corrected chi connectivity index (χ0v) is 14.9. The van der Waals surface area contributed by atoms with Gasteiger partial charge in [0.05, 0.1) is 11.9 Å². The Morgan fingerprint density at radius 1 is 1.10 bits per heavy atom. The predicted octanol–water partition coefficient (Wildman–Crippen LogP) is 5.09. The number of hydrogen-bond acceptors (Lipinski definition) is 2. The maximum atomic E-state index is 6.27. The maximum Gasteiger partial charge on any atom is 0.205 e. The molecule has 1 aliphatic heterocycles. The van der Waals surface area contributed by atoms with Crippen LogP contribution in [0.4, 0.5) is 0 Å². The van der Waals surface area contributed by atoms with Crippen LogP contribution in [0.1, 0.15) is 22.8 Å². The molecule has 1 heterocycles. The number of aryl methyl sites for hydroxylation is 1. The number of hydrogen-bond donors (Lipinski definition) is 0. The molecule has 110 valence electrons. The lowest BCUT2D eigenvalue weighted by molar-refractivity contribution is -0.157. The molecule has 2 atom stereocenters. The lowest BCUT2D eigenvalue weighted by atomic mass is 10.1. The molecule has 21 heavy (non-hydrogen) atoms. The zero-order valence-electron chi connectivity index (χ0n) is 11.7. The van der Waals surface area contributed by atoms with E-state index in [1.54, 1.807) is 0 Å². The van der Waals surface area contributed by atoms with E-state index in [1.807, 2.05) is 12.1 Å². The third-order valence-corrected chi connectivity index (χ3v) is 4.98. The van der Waals surface area contributed by atoms with Gasteiger partial charge in [0.25, 0.3) is 0 Å². The summed E-state index contributed by atoms with van der Waals surface area (Å²) >= 11 is 7.00. The topological polar surface area (TPSA) is 18.5 Å². The third kappa shape index (κ3) is 3.09. The standard InChI is InChI=1S/C17H16Br2O2/c1-12-2-6-14(7-3-12)17(11-18)20-10-16(21-17)13-4-8-15(19)9-5-13/h2-9,16H,10-11H2,1H3/t16-,17-/m1/s1. The van der Waals surface area contributed by atoms with Crippen molar-refractivity contribution in [3.8, 4) is 0 Å². The summed E-state index contributed by atoms with van der Waals surface area (Å²) in [5.41, 5.74) is 3.41. The summed E-state index contributed by atoms with van der Waals surface area (Å²) in [4.78, 5) is 0. The molecule has 3 rings (SSSR count). The van der Waals surface area contributed by atoms with Crippen molar-refractivity contribution in [2.24, 2.45) is 0 Å². The van der Waals surface area contributed by atoms with E-state index in [1.165, 1.54) is 5.56 Å². The van der Waals surface area contributed by atoms with E-state index in [4.69, 9.17) is 9.47 Å². The Kier molecular flexibility index (Phi) is 4.50. The molecule has 0 amide bonds. The maximum absolute atomic E-state index is 6.27. The molecule has 2 aromatic rings. The van der Waals surface area contributed by atoms with E-state index in [2.05, 4.69) is 75.2 Å². The van der Waals surface area contributed by atoms with E-state index in [9.17, 15) is 0 Å². The monoisotopic (exact) mass is 410 g/mol. The lowest BCUT2D eigenvalue weighted by Crippen LogP contribution is -2.29. The highest BCUT2D eigenvalue weighted by atomic mass is 79.9. The van der Waals surface area contributed by atoms with E-state index < -0.39 is 5.79 Å². The van der Waals surface area contributed by atoms with Crippen LogP contribution in [0.3, 0.4) is 0 Å². The van der Waals surface area contributed by atoms with Crippen LogP contribution in [-0.2, 0) is 15.3 Å². The van der Waals surface area contributed by atoms with E-state index in [0.29, 0.717) is 11.9 Å². The highest BCUT2D eigenvalue weighted by molar-refractivity contribution is 9.10. The van der Waals surface area contributed by atoms with E-state index in [0.717, 1.165) is 15.6 Å². The molecule has 2 aromatic carbocycles. The van der Waals surface area contributed by atoms with Crippen molar-refractivity contribution < 1.29 is 9.47 Å². The average molecular weight is 412 g/mol. The van der Waals surface area contributed by atoms with Gasteiger partial charge in [-0.15, -0.1) is 0 Å². The fourth-order valence-electron chi connectivity index (χ4n) is 2.46. The Hall–Kier alpha value is -0.680. The number of rotatable bonds is 3. The van der Waals surface area contributed by atoms with Gasteiger partial charge in [0.1, 0.15) is 6.10 Å². The smallest absolute Gasteiger partial charge is 0.205 e. The molecule has 0 radical (unpaired) electrons. The predicted molar refractivity (Wildman–Crippen MR) is 90.6 cm³/mol. The van der Waals surface area contributed by atoms with Crippen molar-refractivity contribution in [1.29, 1.82) is 0 Å². The molecule has 1 saturated heterocycles. The van der Waals surface area contributed by atoms with E-state index in [-0.39, 0.29) is 6.10 Å². The Morgan fingerprint density at radius 2 is 1.76 bits per heavy atom. The molecule has 0 spiro atoms. The first-order valence-electron chi connectivity index (χ1n) is 6.83. The first-order chi connectivity index (χ1) is 10.1. The van der Waals surface area contributed by atoms with Crippen LogP contribution >= 0.6 is 31.9 Å². The fourth-order valence-corrected chi connectivity index (χ4v) is 3.34. The van der Waals surface area contributed by atoms with Crippen molar-refractivity contribution in [2.75, 3.05) is 11.9 Å². The number of halogens is 2. The van der Waals surface area contributed by atoms with Gasteiger partial charge in [-0.3, -0.25) is 0 Å². The third-order valence-electron chi connectivity index (χ3n) is 3.71. The molecule has 0 saturated carbocycles. The summed E-state index contributed by atoms with van der Waals surface area (Å²) in [6.07, 6.45) is -0.0445. The highest BCUT2D eigenvalue weighted by Gasteiger charge is 2.42. The summed E-state index contributed by atoms with van der Waals surface area (Å²) in [5, 5.41) is 0.607. The summed E-state index contributed by atoms with van der Waals surface area (Å²) in [5.74, 6) is -0.703.